The molecule has 18 heavy (non-hydrogen) atoms. The summed E-state index contributed by atoms with van der Waals surface area (Å²) in [6, 6.07) is 9.36. The fourth-order valence-corrected chi connectivity index (χ4v) is 2.05. The van der Waals surface area contributed by atoms with Crippen LogP contribution in [0.3, 0.4) is 0 Å². The van der Waals surface area contributed by atoms with Gasteiger partial charge in [-0.2, -0.15) is 0 Å². The second-order valence-electron chi connectivity index (χ2n) is 3.89. The van der Waals surface area contributed by atoms with Crippen molar-refractivity contribution >= 4 is 22.5 Å². The lowest BCUT2D eigenvalue weighted by Gasteiger charge is -2.07. The van der Waals surface area contributed by atoms with Crippen molar-refractivity contribution in [3.8, 4) is 5.75 Å². The molecule has 1 aromatic carbocycles. The van der Waals surface area contributed by atoms with Gasteiger partial charge in [0, 0.05) is 17.6 Å². The summed E-state index contributed by atoms with van der Waals surface area (Å²) in [4.78, 5) is 15.0. The van der Waals surface area contributed by atoms with Crippen molar-refractivity contribution in [3.63, 3.8) is 0 Å². The van der Waals surface area contributed by atoms with Gasteiger partial charge in [-0.15, -0.1) is 0 Å². The first kappa shape index (κ1) is 10.6. The van der Waals surface area contributed by atoms with E-state index in [2.05, 4.69) is 4.98 Å². The van der Waals surface area contributed by atoms with Crippen molar-refractivity contribution < 1.29 is 14.6 Å². The number of methoxy groups -OCH3 is 1. The molecule has 0 saturated heterocycles. The smallest absolute Gasteiger partial charge is 0.356 e. The van der Waals surface area contributed by atoms with Crippen molar-refractivity contribution in [2.24, 2.45) is 0 Å². The van der Waals surface area contributed by atoms with Gasteiger partial charge in [-0.05, 0) is 12.1 Å². The number of carbonyl (C=O) groups is 1. The lowest BCUT2D eigenvalue weighted by molar-refractivity contribution is 0.0691. The number of nitrogens with zero attached hydrogens (tertiary/aromatic N) is 2. The molecule has 0 saturated carbocycles. The fraction of sp³-hybridized carbons (Fsp3) is 0.0769. The predicted octanol–water partition coefficient (Wildman–Crippen LogP) is 2.19. The Labute approximate surface area is 102 Å². The number of benzene rings is 1. The molecule has 3 rings (SSSR count). The highest BCUT2D eigenvalue weighted by molar-refractivity contribution is 5.91. The van der Waals surface area contributed by atoms with Gasteiger partial charge in [0.1, 0.15) is 11.4 Å². The number of carboxylic acids is 1. The Hall–Kier alpha value is -2.56. The number of rotatable bonds is 2. The Balaban J connectivity index is 2.47. The number of fused-ring (bicyclic) bond motifs is 3. The van der Waals surface area contributed by atoms with Crippen LogP contribution in [-0.4, -0.2) is 27.6 Å². The highest BCUT2D eigenvalue weighted by Gasteiger charge is 2.12. The maximum atomic E-state index is 11.0. The molecule has 5 nitrogen and oxygen atoms in total. The molecule has 0 aliphatic rings. The first-order chi connectivity index (χ1) is 8.70. The Morgan fingerprint density at radius 2 is 2.17 bits per heavy atom. The molecule has 0 amide bonds. The number of hydrogen-bond acceptors (Lipinski definition) is 3. The van der Waals surface area contributed by atoms with Gasteiger partial charge >= 0.3 is 5.97 Å². The summed E-state index contributed by atoms with van der Waals surface area (Å²) >= 11 is 0. The topological polar surface area (TPSA) is 63.8 Å². The van der Waals surface area contributed by atoms with E-state index in [-0.39, 0.29) is 5.69 Å². The second-order valence-corrected chi connectivity index (χ2v) is 3.89. The summed E-state index contributed by atoms with van der Waals surface area (Å²) < 4.78 is 7.06. The number of para-hydroxylation sites is 1. The molecule has 0 aliphatic carbocycles. The van der Waals surface area contributed by atoms with E-state index in [1.807, 2.05) is 24.3 Å². The normalized spacial score (nSPS) is 10.9. The van der Waals surface area contributed by atoms with Crippen molar-refractivity contribution in [1.82, 2.24) is 9.38 Å². The van der Waals surface area contributed by atoms with Crippen LogP contribution in [-0.2, 0) is 0 Å². The molecule has 2 heterocycles. The summed E-state index contributed by atoms with van der Waals surface area (Å²) in [6.45, 7) is 0. The van der Waals surface area contributed by atoms with Crippen LogP contribution in [0.2, 0.25) is 0 Å². The molecule has 2 aromatic heterocycles. The molecule has 0 fully saturated rings. The quantitative estimate of drug-likeness (QED) is 0.748. The summed E-state index contributed by atoms with van der Waals surface area (Å²) in [5, 5.41) is 9.90. The zero-order valence-corrected chi connectivity index (χ0v) is 9.62. The number of pyridine rings is 1. The van der Waals surface area contributed by atoms with Crippen LogP contribution in [0.1, 0.15) is 10.5 Å². The average molecular weight is 242 g/mol. The standard InChI is InChI=1S/C13H10N2O3/c1-18-11-6-12-14-9(13(16)17)7-15(12)10-5-3-2-4-8(10)11/h2-7H,1H3,(H,16,17). The van der Waals surface area contributed by atoms with E-state index in [0.29, 0.717) is 11.4 Å². The molecule has 90 valence electrons. The fourth-order valence-electron chi connectivity index (χ4n) is 2.05. The molecule has 0 radical (unpaired) electrons. The van der Waals surface area contributed by atoms with Gasteiger partial charge < -0.3 is 9.84 Å². The van der Waals surface area contributed by atoms with Crippen LogP contribution in [0.15, 0.2) is 36.5 Å². The minimum atomic E-state index is -1.04. The van der Waals surface area contributed by atoms with Crippen LogP contribution in [0, 0.1) is 0 Å². The molecule has 0 bridgehead atoms. The first-order valence-corrected chi connectivity index (χ1v) is 5.39. The SMILES string of the molecule is COc1cc2nc(C(=O)O)cn2c2ccccc12. The zero-order valence-electron chi connectivity index (χ0n) is 9.62. The Morgan fingerprint density at radius 3 is 2.89 bits per heavy atom. The minimum Gasteiger partial charge on any atom is -0.496 e. The van der Waals surface area contributed by atoms with E-state index in [1.54, 1.807) is 17.6 Å². The molecule has 1 N–H and O–H groups in total. The van der Waals surface area contributed by atoms with Gasteiger partial charge in [0.25, 0.3) is 0 Å². The van der Waals surface area contributed by atoms with Crippen molar-refractivity contribution in [1.29, 1.82) is 0 Å². The van der Waals surface area contributed by atoms with Crippen LogP contribution in [0.25, 0.3) is 16.6 Å². The number of hydrogen-bond donors (Lipinski definition) is 1. The van der Waals surface area contributed by atoms with Crippen LogP contribution in [0.4, 0.5) is 0 Å². The van der Waals surface area contributed by atoms with E-state index in [1.165, 1.54) is 6.20 Å². The second kappa shape index (κ2) is 3.73. The van der Waals surface area contributed by atoms with E-state index >= 15 is 0 Å². The number of aromatic carboxylic acids is 1. The maximum Gasteiger partial charge on any atom is 0.356 e. The van der Waals surface area contributed by atoms with Crippen molar-refractivity contribution in [2.45, 2.75) is 0 Å². The summed E-state index contributed by atoms with van der Waals surface area (Å²) in [6.07, 6.45) is 1.51. The third-order valence-electron chi connectivity index (χ3n) is 2.86. The van der Waals surface area contributed by atoms with E-state index < -0.39 is 5.97 Å². The van der Waals surface area contributed by atoms with Gasteiger partial charge in [0.15, 0.2) is 5.69 Å². The minimum absolute atomic E-state index is 0.0217. The summed E-state index contributed by atoms with van der Waals surface area (Å²) in [5.41, 5.74) is 1.45. The summed E-state index contributed by atoms with van der Waals surface area (Å²) in [5.74, 6) is -0.359. The third kappa shape index (κ3) is 1.41. The Kier molecular flexibility index (Phi) is 2.19. The van der Waals surface area contributed by atoms with Gasteiger partial charge in [0.05, 0.1) is 12.6 Å². The largest absolute Gasteiger partial charge is 0.496 e. The Morgan fingerprint density at radius 1 is 1.39 bits per heavy atom. The molecule has 5 heteroatoms. The number of carboxylic acid groups (broad SMARTS) is 1. The number of aromatic nitrogens is 2. The molecule has 3 aromatic rings. The third-order valence-corrected chi connectivity index (χ3v) is 2.86. The van der Waals surface area contributed by atoms with Crippen LogP contribution in [0.5, 0.6) is 5.75 Å². The highest BCUT2D eigenvalue weighted by atomic mass is 16.5. The molecular weight excluding hydrogens is 232 g/mol. The number of ether oxygens (including phenoxy) is 1. The van der Waals surface area contributed by atoms with E-state index in [4.69, 9.17) is 9.84 Å². The lowest BCUT2D eigenvalue weighted by atomic mass is 10.2. The zero-order chi connectivity index (χ0) is 12.7. The summed E-state index contributed by atoms with van der Waals surface area (Å²) in [7, 11) is 1.58. The lowest BCUT2D eigenvalue weighted by Crippen LogP contribution is -1.94. The van der Waals surface area contributed by atoms with Gasteiger partial charge in [0.2, 0.25) is 0 Å². The monoisotopic (exact) mass is 242 g/mol. The van der Waals surface area contributed by atoms with E-state index in [9.17, 15) is 4.79 Å². The van der Waals surface area contributed by atoms with Crippen molar-refractivity contribution in [3.05, 3.63) is 42.2 Å². The van der Waals surface area contributed by atoms with E-state index in [0.717, 1.165) is 10.9 Å². The molecule has 0 spiro atoms. The molecule has 0 unspecified atom stereocenters. The predicted molar refractivity (Wildman–Crippen MR) is 66.2 cm³/mol. The first-order valence-electron chi connectivity index (χ1n) is 5.39. The van der Waals surface area contributed by atoms with Crippen LogP contribution < -0.4 is 4.74 Å². The molecule has 0 aliphatic heterocycles. The van der Waals surface area contributed by atoms with Crippen molar-refractivity contribution in [2.75, 3.05) is 7.11 Å². The van der Waals surface area contributed by atoms with Crippen LogP contribution >= 0.6 is 0 Å². The number of imidazole rings is 1. The maximum absolute atomic E-state index is 11.0. The van der Waals surface area contributed by atoms with Gasteiger partial charge in [-0.3, -0.25) is 4.40 Å². The molecular formula is C13H10N2O3. The highest BCUT2D eigenvalue weighted by Crippen LogP contribution is 2.27. The molecule has 0 atom stereocenters. The Bertz CT molecular complexity index is 761. The van der Waals surface area contributed by atoms with Gasteiger partial charge in [-0.1, -0.05) is 12.1 Å². The van der Waals surface area contributed by atoms with Gasteiger partial charge in [-0.25, -0.2) is 9.78 Å². The average Bonchev–Trinajstić information content (AvgIpc) is 2.82.